The Morgan fingerprint density at radius 3 is 2.78 bits per heavy atom. The number of aromatic nitrogens is 1. The highest BCUT2D eigenvalue weighted by Crippen LogP contribution is 2.48. The minimum atomic E-state index is -0.576. The van der Waals surface area contributed by atoms with Gasteiger partial charge in [0.05, 0.1) is 18.1 Å². The number of piperidine rings is 1. The van der Waals surface area contributed by atoms with E-state index in [0.717, 1.165) is 42.6 Å². The van der Waals surface area contributed by atoms with Gasteiger partial charge in [-0.2, -0.15) is 0 Å². The second kappa shape index (κ2) is 12.2. The predicted octanol–water partition coefficient (Wildman–Crippen LogP) is 4.77. The van der Waals surface area contributed by atoms with Gasteiger partial charge in [-0.3, -0.25) is 14.4 Å². The van der Waals surface area contributed by atoms with Crippen LogP contribution in [0.2, 0.25) is 0 Å². The highest BCUT2D eigenvalue weighted by Gasteiger charge is 2.56. The van der Waals surface area contributed by atoms with Crippen LogP contribution in [0.5, 0.6) is 0 Å². The third-order valence-corrected chi connectivity index (χ3v) is 9.46. The van der Waals surface area contributed by atoms with Crippen LogP contribution in [0, 0.1) is 17.7 Å². The summed E-state index contributed by atoms with van der Waals surface area (Å²) >= 11 is 0. The number of benzene rings is 2. The Morgan fingerprint density at radius 2 is 1.98 bits per heavy atom. The van der Waals surface area contributed by atoms with E-state index >= 15 is 0 Å². The molecule has 1 aromatic heterocycles. The summed E-state index contributed by atoms with van der Waals surface area (Å²) in [7, 11) is 0. The van der Waals surface area contributed by atoms with Crippen molar-refractivity contribution in [2.75, 3.05) is 19.6 Å². The number of carbonyl (C=O) groups is 3. The summed E-state index contributed by atoms with van der Waals surface area (Å²) < 4.78 is 13.5. The van der Waals surface area contributed by atoms with Crippen molar-refractivity contribution in [2.24, 2.45) is 11.8 Å². The molecule has 7 rings (SSSR count). The van der Waals surface area contributed by atoms with Crippen molar-refractivity contribution < 1.29 is 18.8 Å². The van der Waals surface area contributed by atoms with Crippen LogP contribution in [0.15, 0.2) is 60.7 Å². The van der Waals surface area contributed by atoms with E-state index in [4.69, 9.17) is 0 Å². The molecule has 0 spiro atoms. The van der Waals surface area contributed by atoms with Crippen molar-refractivity contribution in [3.63, 3.8) is 0 Å². The molecule has 4 atom stereocenters. The molecule has 8 nitrogen and oxygen atoms in total. The summed E-state index contributed by atoms with van der Waals surface area (Å²) in [6.45, 7) is 3.58. The normalized spacial score (nSPS) is 23.0. The second-order valence-electron chi connectivity index (χ2n) is 12.8. The molecule has 45 heavy (non-hydrogen) atoms. The lowest BCUT2D eigenvalue weighted by Gasteiger charge is -2.29. The molecule has 232 valence electrons. The molecule has 2 aliphatic carbocycles. The summed E-state index contributed by atoms with van der Waals surface area (Å²) in [5, 5.41) is 9.93. The zero-order valence-corrected chi connectivity index (χ0v) is 25.4. The third-order valence-electron chi connectivity index (χ3n) is 9.46. The Balaban J connectivity index is 1.03. The first-order chi connectivity index (χ1) is 21.8. The topological polar surface area (TPSA) is 103 Å². The van der Waals surface area contributed by atoms with Gasteiger partial charge in [0.15, 0.2) is 0 Å². The predicted molar refractivity (Wildman–Crippen MR) is 171 cm³/mol. The summed E-state index contributed by atoms with van der Waals surface area (Å²) in [4.78, 5) is 46.0. The van der Waals surface area contributed by atoms with Gasteiger partial charge in [0.1, 0.15) is 17.6 Å². The Bertz CT molecular complexity index is 1730. The molecule has 2 aliphatic heterocycles. The van der Waals surface area contributed by atoms with Gasteiger partial charge in [-0.25, -0.2) is 9.37 Å². The Hall–Kier alpha value is -4.37. The van der Waals surface area contributed by atoms with Gasteiger partial charge in [0.2, 0.25) is 11.8 Å². The Morgan fingerprint density at radius 1 is 1.11 bits per heavy atom. The molecule has 0 bridgehead atoms. The number of amides is 3. The SMILES string of the molecule is C[C@H](NC(=O)[C@@H]1C[C@H]2C[C@H]2N1C(=O)CNC(=O)c1ccc2cc(F)ccc2n1)c1cc(C2=CCCNC2)ccc1/C=C/C1CC1. The van der Waals surface area contributed by atoms with Crippen LogP contribution in [0.25, 0.3) is 22.6 Å². The fourth-order valence-corrected chi connectivity index (χ4v) is 6.69. The van der Waals surface area contributed by atoms with Crippen molar-refractivity contribution in [3.8, 4) is 0 Å². The van der Waals surface area contributed by atoms with Gasteiger partial charge in [0, 0.05) is 18.0 Å². The summed E-state index contributed by atoms with van der Waals surface area (Å²) in [6, 6.07) is 13.0. The molecule has 4 aliphatic rings. The van der Waals surface area contributed by atoms with Crippen LogP contribution in [-0.2, 0) is 9.59 Å². The number of hydrogen-bond acceptors (Lipinski definition) is 5. The molecular weight excluding hydrogens is 569 g/mol. The minimum absolute atomic E-state index is 0.0280. The third kappa shape index (κ3) is 6.40. The van der Waals surface area contributed by atoms with Crippen molar-refractivity contribution in [2.45, 2.75) is 57.2 Å². The monoisotopic (exact) mass is 607 g/mol. The maximum absolute atomic E-state index is 13.7. The number of pyridine rings is 1. The van der Waals surface area contributed by atoms with Gasteiger partial charge >= 0.3 is 0 Å². The van der Waals surface area contributed by atoms with Crippen molar-refractivity contribution in [1.29, 1.82) is 0 Å². The highest BCUT2D eigenvalue weighted by atomic mass is 19.1. The van der Waals surface area contributed by atoms with Gasteiger partial charge < -0.3 is 20.9 Å². The molecule has 3 N–H and O–H groups in total. The average molecular weight is 608 g/mol. The minimum Gasteiger partial charge on any atom is -0.348 e. The molecule has 3 fully saturated rings. The molecule has 0 radical (unpaired) electrons. The molecule has 3 aromatic rings. The average Bonchev–Trinajstić information content (AvgIpc) is 4.00. The van der Waals surface area contributed by atoms with Crippen LogP contribution < -0.4 is 16.0 Å². The van der Waals surface area contributed by atoms with E-state index in [-0.39, 0.29) is 42.0 Å². The first-order valence-electron chi connectivity index (χ1n) is 16.0. The van der Waals surface area contributed by atoms with Crippen molar-refractivity contribution in [1.82, 2.24) is 25.8 Å². The zero-order valence-electron chi connectivity index (χ0n) is 25.4. The van der Waals surface area contributed by atoms with E-state index in [1.54, 1.807) is 11.0 Å². The summed E-state index contributed by atoms with van der Waals surface area (Å²) in [6.07, 6.45) is 11.7. The lowest BCUT2D eigenvalue weighted by atomic mass is 9.93. The van der Waals surface area contributed by atoms with E-state index in [0.29, 0.717) is 29.2 Å². The van der Waals surface area contributed by atoms with Crippen molar-refractivity contribution in [3.05, 3.63) is 88.9 Å². The van der Waals surface area contributed by atoms with Crippen molar-refractivity contribution >= 4 is 40.3 Å². The quantitative estimate of drug-likeness (QED) is 0.325. The Kier molecular flexibility index (Phi) is 7.95. The standard InChI is InChI=1S/C36H38FN5O3/c1-21(29-16-24(26-3-2-14-38-19-26)9-8-23(29)7-6-22-4-5-22)40-36(45)33-18-27-17-32(27)42(33)34(43)20-39-35(44)31-12-10-25-15-28(37)11-13-30(25)41-31/h3,6-13,15-16,21-22,27,32-33,38H,2,4-5,14,17-20H2,1H3,(H,39,44)(H,40,45)/b7-6+/t21-,27+,32+,33-/m0/s1. The largest absolute Gasteiger partial charge is 0.348 e. The van der Waals surface area contributed by atoms with Gasteiger partial charge in [-0.15, -0.1) is 0 Å². The number of likely N-dealkylation sites (tertiary alicyclic amines) is 1. The number of nitrogens with zero attached hydrogens (tertiary/aromatic N) is 2. The number of allylic oxidation sites excluding steroid dienone is 1. The fraction of sp³-hybridized carbons (Fsp3) is 0.389. The number of fused-ring (bicyclic) bond motifs is 2. The smallest absolute Gasteiger partial charge is 0.270 e. The number of nitrogens with one attached hydrogen (secondary N) is 3. The molecule has 0 unspecified atom stereocenters. The zero-order chi connectivity index (χ0) is 31.1. The van der Waals surface area contributed by atoms with E-state index < -0.39 is 11.9 Å². The van der Waals surface area contributed by atoms with Crippen LogP contribution in [-0.4, -0.2) is 59.3 Å². The number of halogens is 1. The maximum Gasteiger partial charge on any atom is 0.270 e. The van der Waals surface area contributed by atoms with Gasteiger partial charge in [0.25, 0.3) is 5.91 Å². The number of rotatable bonds is 9. The lowest BCUT2D eigenvalue weighted by Crippen LogP contribution is -2.51. The molecule has 9 heteroatoms. The molecule has 2 saturated carbocycles. The van der Waals surface area contributed by atoms with Crippen LogP contribution in [0.4, 0.5) is 4.39 Å². The van der Waals surface area contributed by atoms with Gasteiger partial charge in [-0.05, 0) is 110 Å². The fourth-order valence-electron chi connectivity index (χ4n) is 6.69. The van der Waals surface area contributed by atoms with Gasteiger partial charge in [-0.1, -0.05) is 36.4 Å². The summed E-state index contributed by atoms with van der Waals surface area (Å²) in [5.74, 6) is -0.373. The molecule has 3 amide bonds. The van der Waals surface area contributed by atoms with E-state index in [1.165, 1.54) is 42.7 Å². The molecule has 1 saturated heterocycles. The van der Waals surface area contributed by atoms with Crippen LogP contribution in [0.3, 0.4) is 0 Å². The van der Waals surface area contributed by atoms with E-state index in [1.807, 2.05) is 6.92 Å². The van der Waals surface area contributed by atoms with E-state index in [9.17, 15) is 18.8 Å². The van der Waals surface area contributed by atoms with Crippen LogP contribution in [0.1, 0.15) is 72.2 Å². The first-order valence-corrected chi connectivity index (χ1v) is 16.0. The summed E-state index contributed by atoms with van der Waals surface area (Å²) in [5.41, 5.74) is 5.21. The first kappa shape index (κ1) is 29.3. The Labute approximate surface area is 262 Å². The highest BCUT2D eigenvalue weighted by molar-refractivity contribution is 5.98. The van der Waals surface area contributed by atoms with Crippen LogP contribution >= 0.6 is 0 Å². The number of hydrogen-bond donors (Lipinski definition) is 3. The maximum atomic E-state index is 13.7. The molecule has 2 aromatic carbocycles. The molecule has 3 heterocycles. The van der Waals surface area contributed by atoms with E-state index in [2.05, 4.69) is 57.4 Å². The number of carbonyl (C=O) groups excluding carboxylic acids is 3. The lowest BCUT2D eigenvalue weighted by molar-refractivity contribution is -0.139. The second-order valence-corrected chi connectivity index (χ2v) is 12.8. The molecular formula is C36H38FN5O3.